The molecule has 16 heavy (non-hydrogen) atoms. The summed E-state index contributed by atoms with van der Waals surface area (Å²) in [5.41, 5.74) is 2.04. The molecule has 0 amide bonds. The lowest BCUT2D eigenvalue weighted by atomic mass is 10.1. The molecule has 1 rings (SSSR count). The normalized spacial score (nSPS) is 12.1. The smallest absolute Gasteiger partial charge is 0.134 e. The summed E-state index contributed by atoms with van der Waals surface area (Å²) in [6, 6.07) is 8.76. The first-order valence-electron chi connectivity index (χ1n) is 4.53. The molecule has 0 saturated carbocycles. The van der Waals surface area contributed by atoms with Crippen molar-refractivity contribution in [2.75, 3.05) is 7.11 Å². The molecule has 5 nitrogen and oxygen atoms in total. The van der Waals surface area contributed by atoms with Gasteiger partial charge >= 0.3 is 0 Å². The molecule has 0 bridgehead atoms. The molecule has 0 aliphatic carbocycles. The van der Waals surface area contributed by atoms with E-state index in [2.05, 4.69) is 15.1 Å². The molecule has 1 aromatic carbocycles. The van der Waals surface area contributed by atoms with Crippen molar-refractivity contribution in [1.29, 1.82) is 5.26 Å². The van der Waals surface area contributed by atoms with Gasteiger partial charge in [-0.1, -0.05) is 22.4 Å². The monoisotopic (exact) mass is 217 g/mol. The van der Waals surface area contributed by atoms with Crippen LogP contribution in [0.3, 0.4) is 0 Å². The molecule has 0 aliphatic heterocycles. The van der Waals surface area contributed by atoms with Gasteiger partial charge in [0.15, 0.2) is 0 Å². The second-order valence-electron chi connectivity index (χ2n) is 3.00. The Hall–Kier alpha value is -2.35. The van der Waals surface area contributed by atoms with Gasteiger partial charge in [0.2, 0.25) is 0 Å². The number of nitrogens with zero attached hydrogens (tertiary/aromatic N) is 3. The predicted molar refractivity (Wildman–Crippen MR) is 59.6 cm³/mol. The van der Waals surface area contributed by atoms with Crippen LogP contribution in [0.5, 0.6) is 0 Å². The number of nitriles is 1. The van der Waals surface area contributed by atoms with Gasteiger partial charge in [0.05, 0.1) is 11.6 Å². The van der Waals surface area contributed by atoms with E-state index in [0.717, 1.165) is 5.56 Å². The molecular weight excluding hydrogens is 206 g/mol. The molecule has 0 aliphatic rings. The molecule has 0 fully saturated rings. The number of hydrogen-bond acceptors (Lipinski definition) is 5. The van der Waals surface area contributed by atoms with Gasteiger partial charge in [0.1, 0.15) is 18.5 Å². The minimum absolute atomic E-state index is 0.339. The van der Waals surface area contributed by atoms with Crippen LogP contribution >= 0.6 is 0 Å². The summed E-state index contributed by atoms with van der Waals surface area (Å²) in [5, 5.41) is 24.2. The van der Waals surface area contributed by atoms with E-state index < -0.39 is 0 Å². The fraction of sp³-hybridized carbons (Fsp3) is 0.182. The summed E-state index contributed by atoms with van der Waals surface area (Å²) < 4.78 is 0. The molecule has 0 aromatic heterocycles. The third kappa shape index (κ3) is 2.58. The molecule has 0 radical (unpaired) electrons. The highest BCUT2D eigenvalue weighted by molar-refractivity contribution is 6.47. The Morgan fingerprint density at radius 3 is 2.44 bits per heavy atom. The first-order chi connectivity index (χ1) is 7.72. The predicted octanol–water partition coefficient (Wildman–Crippen LogP) is 1.76. The number of oxime groups is 2. The molecule has 1 N–H and O–H groups in total. The number of benzene rings is 1. The summed E-state index contributed by atoms with van der Waals surface area (Å²) in [4.78, 5) is 4.67. The van der Waals surface area contributed by atoms with Crippen LogP contribution in [0.4, 0.5) is 0 Å². The summed E-state index contributed by atoms with van der Waals surface area (Å²) in [7, 11) is 1.41. The van der Waals surface area contributed by atoms with Crippen molar-refractivity contribution in [3.05, 3.63) is 35.4 Å². The molecular formula is C11H11N3O2. The van der Waals surface area contributed by atoms with E-state index in [4.69, 9.17) is 10.5 Å². The number of rotatable bonds is 3. The van der Waals surface area contributed by atoms with E-state index in [0.29, 0.717) is 17.0 Å². The zero-order valence-corrected chi connectivity index (χ0v) is 9.01. The van der Waals surface area contributed by atoms with Crippen LogP contribution in [0.2, 0.25) is 0 Å². The van der Waals surface area contributed by atoms with E-state index in [9.17, 15) is 0 Å². The maximum Gasteiger partial charge on any atom is 0.134 e. The van der Waals surface area contributed by atoms with E-state index in [1.165, 1.54) is 7.11 Å². The fourth-order valence-corrected chi connectivity index (χ4v) is 1.17. The average molecular weight is 217 g/mol. The second-order valence-corrected chi connectivity index (χ2v) is 3.00. The van der Waals surface area contributed by atoms with Crippen LogP contribution < -0.4 is 0 Å². The molecule has 82 valence electrons. The molecule has 5 heteroatoms. The van der Waals surface area contributed by atoms with Gasteiger partial charge in [-0.2, -0.15) is 5.26 Å². The van der Waals surface area contributed by atoms with Gasteiger partial charge in [-0.3, -0.25) is 0 Å². The van der Waals surface area contributed by atoms with Crippen LogP contribution in [-0.2, 0) is 4.84 Å². The minimum atomic E-state index is 0.339. The van der Waals surface area contributed by atoms with E-state index in [1.54, 1.807) is 31.2 Å². The van der Waals surface area contributed by atoms with Gasteiger partial charge in [0, 0.05) is 5.56 Å². The third-order valence-corrected chi connectivity index (χ3v) is 1.96. The van der Waals surface area contributed by atoms with E-state index >= 15 is 0 Å². The molecule has 0 heterocycles. The van der Waals surface area contributed by atoms with Crippen molar-refractivity contribution in [2.45, 2.75) is 6.92 Å². The van der Waals surface area contributed by atoms with Crippen molar-refractivity contribution in [3.8, 4) is 6.07 Å². The SMILES string of the molecule is CO/N=C(/C(C)=N/O)c1ccc(C#N)cc1. The highest BCUT2D eigenvalue weighted by atomic mass is 16.6. The maximum absolute atomic E-state index is 8.69. The van der Waals surface area contributed by atoms with Gasteiger partial charge in [-0.25, -0.2) is 0 Å². The second kappa shape index (κ2) is 5.51. The Bertz CT molecular complexity index is 455. The molecule has 0 spiro atoms. The molecule has 0 unspecified atom stereocenters. The lowest BCUT2D eigenvalue weighted by molar-refractivity contribution is 0.214. The summed E-state index contributed by atoms with van der Waals surface area (Å²) >= 11 is 0. The van der Waals surface area contributed by atoms with Gasteiger partial charge in [-0.05, 0) is 19.1 Å². The van der Waals surface area contributed by atoms with Crippen molar-refractivity contribution in [2.24, 2.45) is 10.3 Å². The van der Waals surface area contributed by atoms with Crippen molar-refractivity contribution in [1.82, 2.24) is 0 Å². The highest BCUT2D eigenvalue weighted by Gasteiger charge is 2.08. The zero-order chi connectivity index (χ0) is 12.0. The quantitative estimate of drug-likeness (QED) is 0.476. The Morgan fingerprint density at radius 2 is 2.00 bits per heavy atom. The molecule has 1 aromatic rings. The van der Waals surface area contributed by atoms with Crippen LogP contribution in [0.15, 0.2) is 34.6 Å². The van der Waals surface area contributed by atoms with Gasteiger partial charge in [0.25, 0.3) is 0 Å². The molecule has 0 saturated heterocycles. The Morgan fingerprint density at radius 1 is 1.38 bits per heavy atom. The largest absolute Gasteiger partial charge is 0.411 e. The Balaban J connectivity index is 3.13. The highest BCUT2D eigenvalue weighted by Crippen LogP contribution is 2.06. The van der Waals surface area contributed by atoms with Crippen LogP contribution in [0.1, 0.15) is 18.1 Å². The number of hydrogen-bond donors (Lipinski definition) is 1. The Labute approximate surface area is 93.3 Å². The first-order valence-corrected chi connectivity index (χ1v) is 4.53. The van der Waals surface area contributed by atoms with Gasteiger partial charge in [-0.15, -0.1) is 0 Å². The molecule has 0 atom stereocenters. The van der Waals surface area contributed by atoms with E-state index in [-0.39, 0.29) is 0 Å². The summed E-state index contributed by atoms with van der Waals surface area (Å²) in [5.74, 6) is 0. The van der Waals surface area contributed by atoms with Gasteiger partial charge < -0.3 is 10.0 Å². The lowest BCUT2D eigenvalue weighted by Gasteiger charge is -2.03. The third-order valence-electron chi connectivity index (χ3n) is 1.96. The van der Waals surface area contributed by atoms with Crippen molar-refractivity contribution in [3.63, 3.8) is 0 Å². The van der Waals surface area contributed by atoms with Crippen LogP contribution in [0.25, 0.3) is 0 Å². The summed E-state index contributed by atoms with van der Waals surface area (Å²) in [6.07, 6.45) is 0. The van der Waals surface area contributed by atoms with Crippen LogP contribution in [-0.4, -0.2) is 23.7 Å². The first kappa shape index (κ1) is 11.7. The topological polar surface area (TPSA) is 78.0 Å². The average Bonchev–Trinajstić information content (AvgIpc) is 2.35. The standard InChI is InChI=1S/C11H11N3O2/c1-8(13-15)11(14-16-2)10-5-3-9(7-12)4-6-10/h3-6,15H,1-2H3/b13-8+,14-11-. The van der Waals surface area contributed by atoms with Crippen LogP contribution in [0, 0.1) is 11.3 Å². The van der Waals surface area contributed by atoms with Crippen molar-refractivity contribution < 1.29 is 10.0 Å². The summed E-state index contributed by atoms with van der Waals surface area (Å²) in [6.45, 7) is 1.61. The Kier molecular flexibility index (Phi) is 4.04. The lowest BCUT2D eigenvalue weighted by Crippen LogP contribution is -2.12. The van der Waals surface area contributed by atoms with Crippen molar-refractivity contribution >= 4 is 11.4 Å². The minimum Gasteiger partial charge on any atom is -0.411 e. The maximum atomic E-state index is 8.69. The fourth-order valence-electron chi connectivity index (χ4n) is 1.17. The zero-order valence-electron chi connectivity index (χ0n) is 9.01. The van der Waals surface area contributed by atoms with E-state index in [1.807, 2.05) is 6.07 Å².